The average Bonchev–Trinajstić information content (AvgIpc) is 3.74. The topological polar surface area (TPSA) is 18.1 Å². The molecule has 0 amide bonds. The Morgan fingerprint density at radius 3 is 2.02 bits per heavy atom. The molecular formula is C49H35NO. The first-order valence-electron chi connectivity index (χ1n) is 17.9. The zero-order chi connectivity index (χ0) is 33.7. The summed E-state index contributed by atoms with van der Waals surface area (Å²) in [5.41, 5.74) is 12.0. The van der Waals surface area contributed by atoms with Crippen molar-refractivity contribution in [1.29, 1.82) is 0 Å². The molecule has 10 rings (SSSR count). The van der Waals surface area contributed by atoms with Crippen LogP contribution in [0.2, 0.25) is 0 Å². The predicted molar refractivity (Wildman–Crippen MR) is 214 cm³/mol. The van der Waals surface area contributed by atoms with E-state index in [0.717, 1.165) is 40.5 Å². The molecule has 2 nitrogen and oxygen atoms in total. The third-order valence-electron chi connectivity index (χ3n) is 10.7. The molecule has 0 aliphatic rings. The van der Waals surface area contributed by atoms with Crippen LogP contribution in [0.3, 0.4) is 0 Å². The van der Waals surface area contributed by atoms with Crippen molar-refractivity contribution in [3.8, 4) is 16.8 Å². The first-order chi connectivity index (χ1) is 25.3. The molecule has 8 aromatic carbocycles. The number of hydrogen-bond acceptors (Lipinski definition) is 1. The van der Waals surface area contributed by atoms with E-state index in [-0.39, 0.29) is 0 Å². The molecule has 0 saturated carbocycles. The van der Waals surface area contributed by atoms with Crippen LogP contribution in [-0.2, 0) is 6.42 Å². The molecule has 0 fully saturated rings. The fourth-order valence-electron chi connectivity index (χ4n) is 8.20. The highest BCUT2D eigenvalue weighted by molar-refractivity contribution is 6.11. The summed E-state index contributed by atoms with van der Waals surface area (Å²) in [4.78, 5) is 0. The Bertz CT molecular complexity index is 2850. The van der Waals surface area contributed by atoms with Gasteiger partial charge in [-0.05, 0) is 93.9 Å². The third kappa shape index (κ3) is 5.11. The minimum absolute atomic E-state index is 0.324. The Morgan fingerprint density at radius 1 is 0.451 bits per heavy atom. The summed E-state index contributed by atoms with van der Waals surface area (Å²) in [6, 6.07) is 66.2. The molecule has 0 saturated heterocycles. The molecule has 0 aliphatic carbocycles. The largest absolute Gasteiger partial charge is 0.456 e. The summed E-state index contributed by atoms with van der Waals surface area (Å²) < 4.78 is 8.53. The fourth-order valence-corrected chi connectivity index (χ4v) is 8.20. The molecule has 1 unspecified atom stereocenters. The number of furan rings is 1. The van der Waals surface area contributed by atoms with Crippen molar-refractivity contribution in [2.75, 3.05) is 0 Å². The summed E-state index contributed by atoms with van der Waals surface area (Å²) in [6.07, 6.45) is 2.05. The fraction of sp³-hybridized carbons (Fsp3) is 0.0612. The van der Waals surface area contributed by atoms with Crippen LogP contribution in [0.25, 0.3) is 71.3 Å². The lowest BCUT2D eigenvalue weighted by Crippen LogP contribution is -2.04. The van der Waals surface area contributed by atoms with Gasteiger partial charge in [0, 0.05) is 33.2 Å². The zero-order valence-electron chi connectivity index (χ0n) is 28.2. The molecule has 0 N–H and O–H groups in total. The molecule has 2 aromatic heterocycles. The van der Waals surface area contributed by atoms with Gasteiger partial charge in [-0.1, -0.05) is 140 Å². The first-order valence-corrected chi connectivity index (χ1v) is 17.9. The Morgan fingerprint density at radius 2 is 1.14 bits per heavy atom. The van der Waals surface area contributed by atoms with Gasteiger partial charge in [0.05, 0.1) is 11.0 Å². The number of aromatic nitrogens is 1. The van der Waals surface area contributed by atoms with E-state index in [1.807, 2.05) is 12.1 Å². The normalized spacial score (nSPS) is 12.4. The van der Waals surface area contributed by atoms with Crippen LogP contribution in [0.4, 0.5) is 0 Å². The second-order valence-electron chi connectivity index (χ2n) is 13.6. The molecule has 0 aliphatic heterocycles. The molecule has 2 heteroatoms. The maximum absolute atomic E-state index is 6.15. The minimum Gasteiger partial charge on any atom is -0.456 e. The van der Waals surface area contributed by atoms with E-state index in [2.05, 4.69) is 174 Å². The number of aryl methyl sites for hydroxylation is 1. The smallest absolute Gasteiger partial charge is 0.135 e. The zero-order valence-corrected chi connectivity index (χ0v) is 28.2. The van der Waals surface area contributed by atoms with E-state index in [1.54, 1.807) is 0 Å². The van der Waals surface area contributed by atoms with Crippen molar-refractivity contribution in [1.82, 2.24) is 4.57 Å². The maximum atomic E-state index is 6.15. The van der Waals surface area contributed by atoms with Gasteiger partial charge < -0.3 is 8.98 Å². The highest BCUT2D eigenvalue weighted by Crippen LogP contribution is 2.38. The maximum Gasteiger partial charge on any atom is 0.135 e. The van der Waals surface area contributed by atoms with E-state index in [9.17, 15) is 0 Å². The van der Waals surface area contributed by atoms with Crippen LogP contribution in [0.1, 0.15) is 29.0 Å². The van der Waals surface area contributed by atoms with Crippen molar-refractivity contribution in [3.05, 3.63) is 199 Å². The monoisotopic (exact) mass is 653 g/mol. The van der Waals surface area contributed by atoms with E-state index >= 15 is 0 Å². The van der Waals surface area contributed by atoms with Crippen LogP contribution >= 0.6 is 0 Å². The minimum atomic E-state index is 0.324. The molecule has 1 atom stereocenters. The number of benzene rings is 8. The van der Waals surface area contributed by atoms with Crippen molar-refractivity contribution >= 4 is 54.5 Å². The van der Waals surface area contributed by atoms with Crippen LogP contribution in [0.5, 0.6) is 0 Å². The van der Waals surface area contributed by atoms with Gasteiger partial charge in [0.25, 0.3) is 0 Å². The summed E-state index contributed by atoms with van der Waals surface area (Å²) in [5.74, 6) is 0.324. The van der Waals surface area contributed by atoms with Crippen molar-refractivity contribution in [2.45, 2.75) is 18.8 Å². The number of para-hydroxylation sites is 2. The van der Waals surface area contributed by atoms with Crippen LogP contribution in [-0.4, -0.2) is 4.57 Å². The second-order valence-corrected chi connectivity index (χ2v) is 13.6. The average molecular weight is 654 g/mol. The third-order valence-corrected chi connectivity index (χ3v) is 10.7. The van der Waals surface area contributed by atoms with E-state index in [0.29, 0.717) is 5.92 Å². The molecule has 242 valence electrons. The van der Waals surface area contributed by atoms with Gasteiger partial charge in [-0.25, -0.2) is 0 Å². The molecule has 0 radical (unpaired) electrons. The number of nitrogens with zero attached hydrogens (tertiary/aromatic N) is 1. The lowest BCUT2D eigenvalue weighted by atomic mass is 9.84. The first kappa shape index (κ1) is 29.5. The number of fused-ring (bicyclic) bond motifs is 7. The SMILES string of the molecule is c1ccc(C(CCc2ccc(-c3ccc4c(c3)c3ccccc3n4-c3ccc4oc5ccccc5c4c3)cc2)c2cccc3ccccc23)cc1. The van der Waals surface area contributed by atoms with Gasteiger partial charge in [0.1, 0.15) is 11.2 Å². The molecule has 51 heavy (non-hydrogen) atoms. The van der Waals surface area contributed by atoms with Crippen molar-refractivity contribution in [2.24, 2.45) is 0 Å². The molecule has 0 spiro atoms. The van der Waals surface area contributed by atoms with Gasteiger partial charge in [-0.3, -0.25) is 0 Å². The Balaban J connectivity index is 0.978. The second kappa shape index (κ2) is 12.2. The Labute approximate surface area is 296 Å². The highest BCUT2D eigenvalue weighted by atomic mass is 16.3. The van der Waals surface area contributed by atoms with Gasteiger partial charge >= 0.3 is 0 Å². The van der Waals surface area contributed by atoms with E-state index < -0.39 is 0 Å². The van der Waals surface area contributed by atoms with Crippen LogP contribution < -0.4 is 0 Å². The quantitative estimate of drug-likeness (QED) is 0.167. The van der Waals surface area contributed by atoms with E-state index in [4.69, 9.17) is 4.42 Å². The molecule has 10 aromatic rings. The van der Waals surface area contributed by atoms with E-state index in [1.165, 1.54) is 60.4 Å². The standard InChI is InChI=1S/C49H35NO/c1-2-11-35(12-3-1)40(41-18-10-14-36-13-4-5-15-39(36)41)28-23-33-21-24-34(25-22-33)37-26-29-47-44(31-37)42-16-6-8-19-46(42)50(47)38-27-30-49-45(32-38)43-17-7-9-20-48(43)51-49/h1-22,24-27,29-32,40H,23,28H2. The summed E-state index contributed by atoms with van der Waals surface area (Å²) in [5, 5.41) is 7.43. The lowest BCUT2D eigenvalue weighted by molar-refractivity contribution is 0.669. The lowest BCUT2D eigenvalue weighted by Gasteiger charge is -2.20. The number of rotatable bonds is 7. The summed E-state index contributed by atoms with van der Waals surface area (Å²) in [6.45, 7) is 0. The summed E-state index contributed by atoms with van der Waals surface area (Å²) >= 11 is 0. The van der Waals surface area contributed by atoms with Crippen molar-refractivity contribution in [3.63, 3.8) is 0 Å². The Hall–Kier alpha value is -6.38. The van der Waals surface area contributed by atoms with Crippen molar-refractivity contribution < 1.29 is 4.42 Å². The molecule has 2 heterocycles. The summed E-state index contributed by atoms with van der Waals surface area (Å²) in [7, 11) is 0. The van der Waals surface area contributed by atoms with Gasteiger partial charge in [0.2, 0.25) is 0 Å². The van der Waals surface area contributed by atoms with Crippen LogP contribution in [0, 0.1) is 0 Å². The predicted octanol–water partition coefficient (Wildman–Crippen LogP) is 13.3. The molecular weight excluding hydrogens is 619 g/mol. The molecule has 0 bridgehead atoms. The number of hydrogen-bond donors (Lipinski definition) is 0. The van der Waals surface area contributed by atoms with Crippen LogP contribution in [0.15, 0.2) is 186 Å². The Kier molecular flexibility index (Phi) is 7.06. The highest BCUT2D eigenvalue weighted by Gasteiger charge is 2.18. The van der Waals surface area contributed by atoms with Gasteiger partial charge in [-0.2, -0.15) is 0 Å². The van der Waals surface area contributed by atoms with Gasteiger partial charge in [0.15, 0.2) is 0 Å². The van der Waals surface area contributed by atoms with Gasteiger partial charge in [-0.15, -0.1) is 0 Å².